The second-order valence-corrected chi connectivity index (χ2v) is 5.56. The van der Waals surface area contributed by atoms with E-state index < -0.39 is 5.60 Å². The van der Waals surface area contributed by atoms with E-state index in [4.69, 9.17) is 4.74 Å². The first-order valence-corrected chi connectivity index (χ1v) is 5.90. The molecule has 0 unspecified atom stereocenters. The van der Waals surface area contributed by atoms with Gasteiger partial charge in [0.1, 0.15) is 5.60 Å². The van der Waals surface area contributed by atoms with Crippen LogP contribution in [0.2, 0.25) is 0 Å². The van der Waals surface area contributed by atoms with Crippen molar-refractivity contribution in [1.82, 2.24) is 15.8 Å². The first-order chi connectivity index (χ1) is 7.87. The summed E-state index contributed by atoms with van der Waals surface area (Å²) in [5, 5.41) is 0. The molecule has 2 atom stereocenters. The lowest BCUT2D eigenvalue weighted by Gasteiger charge is -2.34. The Balaban J connectivity index is 1.93. The standard InChI is InChI=1S/C11H19N3O3/c1-11(2,3)17-10(16)14-5-4-7-8(6-14)12-13-9(7)15/h7-8,12H,4-6H2,1-3H3,(H,13,15)/t7-,8+/m1/s1. The molecule has 6 nitrogen and oxygen atoms in total. The summed E-state index contributed by atoms with van der Waals surface area (Å²) in [4.78, 5) is 24.9. The Hall–Kier alpha value is -1.30. The van der Waals surface area contributed by atoms with Crippen LogP contribution in [0.25, 0.3) is 0 Å². The summed E-state index contributed by atoms with van der Waals surface area (Å²) in [5.74, 6) is 0.00697. The Bertz CT molecular complexity index is 337. The third kappa shape index (κ3) is 2.69. The predicted molar refractivity (Wildman–Crippen MR) is 61.0 cm³/mol. The van der Waals surface area contributed by atoms with Crippen molar-refractivity contribution in [2.45, 2.75) is 38.8 Å². The minimum atomic E-state index is -0.481. The molecule has 6 heteroatoms. The van der Waals surface area contributed by atoms with Gasteiger partial charge in [0, 0.05) is 13.1 Å². The van der Waals surface area contributed by atoms with Crippen LogP contribution in [0.3, 0.4) is 0 Å². The van der Waals surface area contributed by atoms with E-state index in [1.807, 2.05) is 20.8 Å². The van der Waals surface area contributed by atoms with Gasteiger partial charge < -0.3 is 9.64 Å². The SMILES string of the molecule is CC(C)(C)OC(=O)N1CC[C@H]2C(=O)NN[C@H]2C1. The minimum Gasteiger partial charge on any atom is -0.444 e. The van der Waals surface area contributed by atoms with Crippen LogP contribution in [0.4, 0.5) is 4.79 Å². The Morgan fingerprint density at radius 3 is 2.82 bits per heavy atom. The fraction of sp³-hybridized carbons (Fsp3) is 0.818. The van der Waals surface area contributed by atoms with E-state index in [1.165, 1.54) is 0 Å². The molecular weight excluding hydrogens is 222 g/mol. The van der Waals surface area contributed by atoms with Gasteiger partial charge in [0.2, 0.25) is 5.91 Å². The normalized spacial score (nSPS) is 28.6. The van der Waals surface area contributed by atoms with Crippen LogP contribution < -0.4 is 10.9 Å². The minimum absolute atomic E-state index is 0.00349. The van der Waals surface area contributed by atoms with Gasteiger partial charge in [-0.3, -0.25) is 10.2 Å². The van der Waals surface area contributed by atoms with Gasteiger partial charge in [0.05, 0.1) is 12.0 Å². The lowest BCUT2D eigenvalue weighted by atomic mass is 9.93. The molecule has 2 heterocycles. The highest BCUT2D eigenvalue weighted by Gasteiger charge is 2.40. The maximum atomic E-state index is 11.9. The van der Waals surface area contributed by atoms with E-state index in [-0.39, 0.29) is 24.0 Å². The van der Waals surface area contributed by atoms with E-state index in [2.05, 4.69) is 10.9 Å². The molecule has 2 N–H and O–H groups in total. The van der Waals surface area contributed by atoms with Crippen LogP contribution in [-0.4, -0.2) is 41.6 Å². The second-order valence-electron chi connectivity index (χ2n) is 5.56. The number of nitrogens with one attached hydrogen (secondary N) is 2. The summed E-state index contributed by atoms with van der Waals surface area (Å²) in [6.07, 6.45) is 0.375. The zero-order valence-electron chi connectivity index (χ0n) is 10.4. The van der Waals surface area contributed by atoms with Crippen LogP contribution in [-0.2, 0) is 9.53 Å². The lowest BCUT2D eigenvalue weighted by molar-refractivity contribution is -0.123. The molecule has 2 aliphatic heterocycles. The van der Waals surface area contributed by atoms with Crippen molar-refractivity contribution in [1.29, 1.82) is 0 Å². The number of carbonyl (C=O) groups excluding carboxylic acids is 2. The molecule has 0 radical (unpaired) electrons. The third-order valence-corrected chi connectivity index (χ3v) is 2.98. The van der Waals surface area contributed by atoms with Gasteiger partial charge in [0.25, 0.3) is 0 Å². The number of hydrazine groups is 1. The van der Waals surface area contributed by atoms with Gasteiger partial charge >= 0.3 is 6.09 Å². The van der Waals surface area contributed by atoms with Gasteiger partial charge in [-0.05, 0) is 27.2 Å². The first-order valence-electron chi connectivity index (χ1n) is 5.90. The summed E-state index contributed by atoms with van der Waals surface area (Å²) >= 11 is 0. The molecule has 0 aromatic heterocycles. The number of piperidine rings is 1. The van der Waals surface area contributed by atoms with Gasteiger partial charge in [-0.2, -0.15) is 0 Å². The molecule has 0 aromatic rings. The van der Waals surface area contributed by atoms with Crippen molar-refractivity contribution in [3.8, 4) is 0 Å². The van der Waals surface area contributed by atoms with Crippen molar-refractivity contribution in [2.75, 3.05) is 13.1 Å². The molecule has 0 bridgehead atoms. The maximum Gasteiger partial charge on any atom is 0.410 e. The van der Waals surface area contributed by atoms with E-state index in [9.17, 15) is 9.59 Å². The van der Waals surface area contributed by atoms with E-state index in [1.54, 1.807) is 4.90 Å². The Labute approximate surface area is 101 Å². The van der Waals surface area contributed by atoms with Crippen molar-refractivity contribution in [3.05, 3.63) is 0 Å². The Kier molecular flexibility index (Phi) is 2.99. The quantitative estimate of drug-likeness (QED) is 0.637. The van der Waals surface area contributed by atoms with Crippen LogP contribution in [0.1, 0.15) is 27.2 Å². The number of nitrogens with zero attached hydrogens (tertiary/aromatic N) is 1. The van der Waals surface area contributed by atoms with E-state index in [0.717, 1.165) is 0 Å². The smallest absolute Gasteiger partial charge is 0.410 e. The topological polar surface area (TPSA) is 70.7 Å². The molecule has 0 saturated carbocycles. The highest BCUT2D eigenvalue weighted by Crippen LogP contribution is 2.22. The Morgan fingerprint density at radius 2 is 2.18 bits per heavy atom. The lowest BCUT2D eigenvalue weighted by Crippen LogP contribution is -2.50. The summed E-state index contributed by atoms with van der Waals surface area (Å²) in [6.45, 7) is 6.62. The molecule has 96 valence electrons. The predicted octanol–water partition coefficient (Wildman–Crippen LogP) is 0.246. The van der Waals surface area contributed by atoms with E-state index >= 15 is 0 Å². The van der Waals surface area contributed by atoms with Crippen LogP contribution in [0.5, 0.6) is 0 Å². The van der Waals surface area contributed by atoms with Gasteiger partial charge in [-0.25, -0.2) is 10.2 Å². The zero-order valence-corrected chi connectivity index (χ0v) is 10.4. The number of ether oxygens (including phenoxy) is 1. The molecule has 0 aromatic carbocycles. The molecule has 2 rings (SSSR count). The highest BCUT2D eigenvalue weighted by molar-refractivity contribution is 5.81. The first kappa shape index (κ1) is 12.2. The van der Waals surface area contributed by atoms with Crippen molar-refractivity contribution >= 4 is 12.0 Å². The van der Waals surface area contributed by atoms with Gasteiger partial charge in [-0.15, -0.1) is 0 Å². The molecule has 2 amide bonds. The van der Waals surface area contributed by atoms with Crippen LogP contribution in [0.15, 0.2) is 0 Å². The Morgan fingerprint density at radius 1 is 1.47 bits per heavy atom. The molecule has 0 aliphatic carbocycles. The number of carbonyl (C=O) groups is 2. The number of hydrogen-bond acceptors (Lipinski definition) is 4. The van der Waals surface area contributed by atoms with Crippen molar-refractivity contribution in [3.63, 3.8) is 0 Å². The molecular formula is C11H19N3O3. The summed E-state index contributed by atoms with van der Waals surface area (Å²) in [5.41, 5.74) is 5.03. The number of likely N-dealkylation sites (tertiary alicyclic amines) is 1. The molecule has 2 fully saturated rings. The fourth-order valence-corrected chi connectivity index (χ4v) is 2.16. The largest absolute Gasteiger partial charge is 0.444 e. The summed E-state index contributed by atoms with van der Waals surface area (Å²) < 4.78 is 5.31. The summed E-state index contributed by atoms with van der Waals surface area (Å²) in [7, 11) is 0. The van der Waals surface area contributed by atoms with Crippen LogP contribution >= 0.6 is 0 Å². The molecule has 2 aliphatic rings. The summed E-state index contributed by atoms with van der Waals surface area (Å²) in [6, 6.07) is 0.00349. The monoisotopic (exact) mass is 241 g/mol. The highest BCUT2D eigenvalue weighted by atomic mass is 16.6. The number of fused-ring (bicyclic) bond motifs is 1. The van der Waals surface area contributed by atoms with Gasteiger partial charge in [0.15, 0.2) is 0 Å². The number of rotatable bonds is 0. The van der Waals surface area contributed by atoms with Gasteiger partial charge in [-0.1, -0.05) is 0 Å². The second kappa shape index (κ2) is 4.18. The number of hydrogen-bond donors (Lipinski definition) is 2. The van der Waals surface area contributed by atoms with Crippen LogP contribution in [0, 0.1) is 5.92 Å². The maximum absolute atomic E-state index is 11.9. The van der Waals surface area contributed by atoms with Crippen molar-refractivity contribution < 1.29 is 14.3 Å². The zero-order chi connectivity index (χ0) is 12.6. The third-order valence-electron chi connectivity index (χ3n) is 2.98. The molecule has 0 spiro atoms. The number of amides is 2. The molecule has 17 heavy (non-hydrogen) atoms. The molecule has 2 saturated heterocycles. The van der Waals surface area contributed by atoms with Crippen molar-refractivity contribution in [2.24, 2.45) is 5.92 Å². The average Bonchev–Trinajstić information content (AvgIpc) is 2.57. The van der Waals surface area contributed by atoms with E-state index in [0.29, 0.717) is 19.5 Å². The fourth-order valence-electron chi connectivity index (χ4n) is 2.16. The average molecular weight is 241 g/mol.